The van der Waals surface area contributed by atoms with Gasteiger partial charge < -0.3 is 15.1 Å². The van der Waals surface area contributed by atoms with E-state index in [0.717, 1.165) is 32.0 Å². The Kier molecular flexibility index (Phi) is 5.30. The van der Waals surface area contributed by atoms with Crippen LogP contribution in [0.25, 0.3) is 0 Å². The predicted molar refractivity (Wildman–Crippen MR) is 76.8 cm³/mol. The molecule has 1 heterocycles. The van der Waals surface area contributed by atoms with E-state index in [1.165, 1.54) is 12.1 Å². The second-order valence-electron chi connectivity index (χ2n) is 6.14. The molecule has 0 saturated carbocycles. The van der Waals surface area contributed by atoms with Gasteiger partial charge in [0.15, 0.2) is 11.6 Å². The molecule has 1 aliphatic heterocycles. The molecule has 1 saturated heterocycles. The van der Waals surface area contributed by atoms with Crippen molar-refractivity contribution >= 4 is 0 Å². The predicted octanol–water partition coefficient (Wildman–Crippen LogP) is 2.63. The molecule has 1 aromatic rings. The zero-order valence-corrected chi connectivity index (χ0v) is 12.4. The molecule has 0 bridgehead atoms. The molecule has 21 heavy (non-hydrogen) atoms. The molecule has 1 aliphatic rings. The van der Waals surface area contributed by atoms with Gasteiger partial charge in [-0.2, -0.15) is 0 Å². The first-order valence-electron chi connectivity index (χ1n) is 7.46. The van der Waals surface area contributed by atoms with Gasteiger partial charge in [-0.1, -0.05) is 12.1 Å². The minimum Gasteiger partial charge on any atom is -0.390 e. The van der Waals surface area contributed by atoms with E-state index in [9.17, 15) is 19.0 Å². The maximum absolute atomic E-state index is 13.6. The molecule has 1 aromatic carbocycles. The van der Waals surface area contributed by atoms with Gasteiger partial charge in [0.25, 0.3) is 0 Å². The Balaban J connectivity index is 1.89. The van der Waals surface area contributed by atoms with Crippen molar-refractivity contribution < 1.29 is 19.0 Å². The Hall–Kier alpha value is -1.04. The van der Waals surface area contributed by atoms with Crippen molar-refractivity contribution in [2.75, 3.05) is 19.6 Å². The highest BCUT2D eigenvalue weighted by molar-refractivity contribution is 5.21. The Morgan fingerprint density at radius 2 is 2.05 bits per heavy atom. The fraction of sp³-hybridized carbons (Fsp3) is 0.625. The Morgan fingerprint density at radius 1 is 1.29 bits per heavy atom. The van der Waals surface area contributed by atoms with E-state index in [1.54, 1.807) is 0 Å². The highest BCUT2D eigenvalue weighted by Gasteiger charge is 2.25. The van der Waals surface area contributed by atoms with E-state index >= 15 is 0 Å². The fourth-order valence-electron chi connectivity index (χ4n) is 2.78. The average molecular weight is 299 g/mol. The van der Waals surface area contributed by atoms with E-state index in [4.69, 9.17) is 0 Å². The monoisotopic (exact) mass is 299 g/mol. The van der Waals surface area contributed by atoms with Gasteiger partial charge in [-0.25, -0.2) is 8.78 Å². The first kappa shape index (κ1) is 16.3. The van der Waals surface area contributed by atoms with Gasteiger partial charge in [-0.15, -0.1) is 0 Å². The molecule has 2 rings (SSSR count). The molecule has 0 aromatic heterocycles. The van der Waals surface area contributed by atoms with Crippen molar-refractivity contribution in [1.29, 1.82) is 0 Å². The summed E-state index contributed by atoms with van der Waals surface area (Å²) in [6, 6.07) is 3.86. The van der Waals surface area contributed by atoms with Crippen molar-refractivity contribution in [3.8, 4) is 0 Å². The number of aliphatic hydroxyl groups is 2. The molecule has 0 aliphatic carbocycles. The number of benzene rings is 1. The van der Waals surface area contributed by atoms with Gasteiger partial charge in [0.2, 0.25) is 0 Å². The molecule has 5 heteroatoms. The van der Waals surface area contributed by atoms with Crippen LogP contribution < -0.4 is 0 Å². The molecule has 3 nitrogen and oxygen atoms in total. The highest BCUT2D eigenvalue weighted by atomic mass is 19.2. The first-order valence-corrected chi connectivity index (χ1v) is 7.46. The third kappa shape index (κ3) is 4.46. The highest BCUT2D eigenvalue weighted by Crippen LogP contribution is 2.24. The summed E-state index contributed by atoms with van der Waals surface area (Å²) >= 11 is 0. The third-order valence-corrected chi connectivity index (χ3v) is 4.22. The van der Waals surface area contributed by atoms with Gasteiger partial charge in [0.1, 0.15) is 0 Å². The maximum atomic E-state index is 13.6. The van der Waals surface area contributed by atoms with Crippen LogP contribution in [0.15, 0.2) is 18.2 Å². The quantitative estimate of drug-likeness (QED) is 0.898. The average Bonchev–Trinajstić information content (AvgIpc) is 2.60. The van der Waals surface area contributed by atoms with Crippen molar-refractivity contribution in [2.24, 2.45) is 0 Å². The van der Waals surface area contributed by atoms with E-state index in [0.29, 0.717) is 19.4 Å². The second-order valence-corrected chi connectivity index (χ2v) is 6.14. The van der Waals surface area contributed by atoms with Crippen LogP contribution in [0, 0.1) is 11.6 Å². The molecule has 0 spiro atoms. The number of hydrogen-bond donors (Lipinski definition) is 2. The van der Waals surface area contributed by atoms with Crippen LogP contribution in [0.5, 0.6) is 0 Å². The van der Waals surface area contributed by atoms with Crippen LogP contribution in [-0.4, -0.2) is 40.3 Å². The SMILES string of the molecule is CC1(O)CCCN(CCC(O)c2cccc(F)c2F)CC1. The van der Waals surface area contributed by atoms with Crippen molar-refractivity contribution in [2.45, 2.75) is 44.3 Å². The summed E-state index contributed by atoms with van der Waals surface area (Å²) in [6.45, 7) is 4.06. The molecular weight excluding hydrogens is 276 g/mol. The van der Waals surface area contributed by atoms with E-state index < -0.39 is 23.3 Å². The number of rotatable bonds is 4. The lowest BCUT2D eigenvalue weighted by molar-refractivity contribution is 0.0441. The van der Waals surface area contributed by atoms with E-state index in [-0.39, 0.29) is 5.56 Å². The number of halogens is 2. The Morgan fingerprint density at radius 3 is 2.81 bits per heavy atom. The maximum Gasteiger partial charge on any atom is 0.164 e. The number of nitrogens with zero attached hydrogens (tertiary/aromatic N) is 1. The zero-order valence-electron chi connectivity index (χ0n) is 12.4. The minimum atomic E-state index is -1.01. The normalized spacial score (nSPS) is 25.6. The summed E-state index contributed by atoms with van der Waals surface area (Å²) in [7, 11) is 0. The van der Waals surface area contributed by atoms with Gasteiger partial charge in [-0.05, 0) is 45.2 Å². The lowest BCUT2D eigenvalue weighted by Crippen LogP contribution is -2.29. The number of likely N-dealkylation sites (tertiary alicyclic amines) is 1. The largest absolute Gasteiger partial charge is 0.390 e. The van der Waals surface area contributed by atoms with Crippen LogP contribution in [0.4, 0.5) is 8.78 Å². The van der Waals surface area contributed by atoms with Crippen LogP contribution in [-0.2, 0) is 0 Å². The molecule has 2 atom stereocenters. The second kappa shape index (κ2) is 6.81. The van der Waals surface area contributed by atoms with Gasteiger partial charge in [0.05, 0.1) is 11.7 Å². The summed E-state index contributed by atoms with van der Waals surface area (Å²) in [5, 5.41) is 20.1. The zero-order chi connectivity index (χ0) is 15.5. The molecule has 2 unspecified atom stereocenters. The molecule has 0 radical (unpaired) electrons. The van der Waals surface area contributed by atoms with Crippen LogP contribution in [0.2, 0.25) is 0 Å². The van der Waals surface area contributed by atoms with Crippen molar-refractivity contribution in [3.63, 3.8) is 0 Å². The Bertz CT molecular complexity index is 479. The minimum absolute atomic E-state index is 0.0109. The van der Waals surface area contributed by atoms with E-state index in [1.807, 2.05) is 6.92 Å². The van der Waals surface area contributed by atoms with Crippen LogP contribution >= 0.6 is 0 Å². The first-order chi connectivity index (χ1) is 9.89. The number of hydrogen-bond acceptors (Lipinski definition) is 3. The van der Waals surface area contributed by atoms with Gasteiger partial charge >= 0.3 is 0 Å². The van der Waals surface area contributed by atoms with Crippen LogP contribution in [0.1, 0.15) is 44.3 Å². The molecule has 0 amide bonds. The van der Waals surface area contributed by atoms with Gasteiger partial charge in [0, 0.05) is 18.7 Å². The number of aliphatic hydroxyl groups excluding tert-OH is 1. The van der Waals surface area contributed by atoms with Gasteiger partial charge in [-0.3, -0.25) is 0 Å². The van der Waals surface area contributed by atoms with Crippen LogP contribution in [0.3, 0.4) is 0 Å². The third-order valence-electron chi connectivity index (χ3n) is 4.22. The van der Waals surface area contributed by atoms with E-state index in [2.05, 4.69) is 4.90 Å². The molecule has 2 N–H and O–H groups in total. The fourth-order valence-corrected chi connectivity index (χ4v) is 2.78. The van der Waals surface area contributed by atoms with Crippen molar-refractivity contribution in [3.05, 3.63) is 35.4 Å². The summed E-state index contributed by atoms with van der Waals surface area (Å²) in [4.78, 5) is 2.15. The Labute approximate surface area is 124 Å². The summed E-state index contributed by atoms with van der Waals surface area (Å²) in [5.41, 5.74) is -0.612. The molecular formula is C16H23F2NO2. The summed E-state index contributed by atoms with van der Waals surface area (Å²) in [5.74, 6) is -1.90. The molecule has 1 fully saturated rings. The molecule has 118 valence electrons. The topological polar surface area (TPSA) is 43.7 Å². The summed E-state index contributed by atoms with van der Waals surface area (Å²) < 4.78 is 26.8. The summed E-state index contributed by atoms with van der Waals surface area (Å²) in [6.07, 6.45) is 1.70. The lowest BCUT2D eigenvalue weighted by atomic mass is 9.98. The standard InChI is InChI=1S/C16H23F2NO2/c1-16(21)7-3-9-19(11-8-16)10-6-14(20)12-4-2-5-13(17)15(12)18/h2,4-5,14,20-21H,3,6-11H2,1H3. The van der Waals surface area contributed by atoms with Crippen molar-refractivity contribution in [1.82, 2.24) is 4.90 Å². The lowest BCUT2D eigenvalue weighted by Gasteiger charge is -2.23. The smallest absolute Gasteiger partial charge is 0.164 e.